The highest BCUT2D eigenvalue weighted by Crippen LogP contribution is 2.24. The second-order valence-electron chi connectivity index (χ2n) is 6.61. The lowest BCUT2D eigenvalue weighted by atomic mass is 10.2. The molecule has 3 heterocycles. The zero-order valence-corrected chi connectivity index (χ0v) is 17.8. The number of benzene rings is 1. The van der Waals surface area contributed by atoms with Crippen LogP contribution in [0.3, 0.4) is 0 Å². The first kappa shape index (κ1) is 20.3. The van der Waals surface area contributed by atoms with E-state index in [9.17, 15) is 4.79 Å². The van der Waals surface area contributed by atoms with Gasteiger partial charge in [0, 0.05) is 5.02 Å². The van der Waals surface area contributed by atoms with Gasteiger partial charge in [-0.05, 0) is 48.9 Å². The number of nitrogens with zero attached hydrogens (tertiary/aromatic N) is 4. The number of aryl methyl sites for hydroxylation is 1. The molecule has 0 bridgehead atoms. The Morgan fingerprint density at radius 1 is 1.13 bits per heavy atom. The molecule has 0 aliphatic rings. The Morgan fingerprint density at radius 3 is 2.43 bits per heavy atom. The number of hydrogen-bond donors (Lipinski definition) is 0. The van der Waals surface area contributed by atoms with Gasteiger partial charge >= 0.3 is 0 Å². The van der Waals surface area contributed by atoms with Crippen LogP contribution < -0.4 is 0 Å². The molecule has 0 saturated heterocycles. The molecule has 1 amide bonds. The summed E-state index contributed by atoms with van der Waals surface area (Å²) in [5, 5.41) is 9.42. The Kier molecular flexibility index (Phi) is 6.25. The highest BCUT2D eigenvalue weighted by molar-refractivity contribution is 7.99. The van der Waals surface area contributed by atoms with E-state index in [0.29, 0.717) is 34.8 Å². The fourth-order valence-corrected chi connectivity index (χ4v) is 3.87. The maximum Gasteiger partial charge on any atom is 0.233 e. The molecule has 0 N–H and O–H groups in total. The largest absolute Gasteiger partial charge is 0.467 e. The zero-order valence-electron chi connectivity index (χ0n) is 16.2. The van der Waals surface area contributed by atoms with Crippen LogP contribution in [0.5, 0.6) is 0 Å². The second-order valence-corrected chi connectivity index (χ2v) is 7.96. The predicted molar refractivity (Wildman–Crippen MR) is 114 cm³/mol. The summed E-state index contributed by atoms with van der Waals surface area (Å²) < 4.78 is 12.6. The van der Waals surface area contributed by atoms with E-state index in [1.807, 2.05) is 41.8 Å². The minimum absolute atomic E-state index is 0.0655. The molecule has 0 atom stereocenters. The van der Waals surface area contributed by atoms with Crippen molar-refractivity contribution in [3.05, 3.63) is 83.4 Å². The summed E-state index contributed by atoms with van der Waals surface area (Å²) in [6, 6.07) is 13.0. The second kappa shape index (κ2) is 9.23. The molecule has 0 unspecified atom stereocenters. The summed E-state index contributed by atoms with van der Waals surface area (Å²) in [5.74, 6) is 1.54. The average Bonchev–Trinajstić information content (AvgIpc) is 3.51. The smallest absolute Gasteiger partial charge is 0.233 e. The lowest BCUT2D eigenvalue weighted by Crippen LogP contribution is -2.31. The number of halogens is 1. The Hall–Kier alpha value is -2.97. The molecular weight excluding hydrogens is 424 g/mol. The van der Waals surface area contributed by atoms with Gasteiger partial charge in [-0.15, -0.1) is 10.2 Å². The SMILES string of the molecule is Cc1ccc(-n2cnnc2SCC(=O)N(Cc2ccco2)Cc2ccco2)cc1Cl. The lowest BCUT2D eigenvalue weighted by molar-refractivity contribution is -0.130. The van der Waals surface area contributed by atoms with Crippen LogP contribution in [0, 0.1) is 6.92 Å². The third kappa shape index (κ3) is 4.77. The topological polar surface area (TPSA) is 77.3 Å². The Balaban J connectivity index is 1.47. The number of rotatable bonds is 8. The van der Waals surface area contributed by atoms with Gasteiger partial charge < -0.3 is 13.7 Å². The van der Waals surface area contributed by atoms with Crippen molar-refractivity contribution in [3.8, 4) is 5.69 Å². The van der Waals surface area contributed by atoms with Crippen LogP contribution in [0.2, 0.25) is 5.02 Å². The quantitative estimate of drug-likeness (QED) is 0.367. The molecular formula is C21H19ClN4O3S. The van der Waals surface area contributed by atoms with E-state index in [1.54, 1.807) is 35.9 Å². The maximum absolute atomic E-state index is 13.0. The van der Waals surface area contributed by atoms with Crippen LogP contribution in [-0.4, -0.2) is 31.3 Å². The molecule has 0 fully saturated rings. The first-order valence-corrected chi connectivity index (χ1v) is 10.6. The van der Waals surface area contributed by atoms with E-state index in [1.165, 1.54) is 11.8 Å². The van der Waals surface area contributed by atoms with Crippen LogP contribution in [0.25, 0.3) is 5.69 Å². The molecule has 30 heavy (non-hydrogen) atoms. The van der Waals surface area contributed by atoms with Crippen molar-refractivity contribution in [3.63, 3.8) is 0 Å². The third-order valence-electron chi connectivity index (χ3n) is 4.48. The summed E-state index contributed by atoms with van der Waals surface area (Å²) in [7, 11) is 0. The van der Waals surface area contributed by atoms with E-state index in [0.717, 1.165) is 11.3 Å². The summed E-state index contributed by atoms with van der Waals surface area (Å²) in [6.07, 6.45) is 4.79. The number of furan rings is 2. The molecule has 154 valence electrons. The molecule has 0 radical (unpaired) electrons. The van der Waals surface area contributed by atoms with Crippen molar-refractivity contribution in [2.75, 3.05) is 5.75 Å². The van der Waals surface area contributed by atoms with Gasteiger partial charge in [-0.3, -0.25) is 9.36 Å². The lowest BCUT2D eigenvalue weighted by Gasteiger charge is -2.20. The first-order chi connectivity index (χ1) is 14.6. The third-order valence-corrected chi connectivity index (χ3v) is 5.82. The van der Waals surface area contributed by atoms with Crippen LogP contribution >= 0.6 is 23.4 Å². The summed E-state index contributed by atoms with van der Waals surface area (Å²) in [4.78, 5) is 14.7. The monoisotopic (exact) mass is 442 g/mol. The molecule has 4 aromatic rings. The number of amides is 1. The highest BCUT2D eigenvalue weighted by Gasteiger charge is 2.19. The van der Waals surface area contributed by atoms with Gasteiger partial charge in [0.1, 0.15) is 17.8 Å². The van der Waals surface area contributed by atoms with Gasteiger partial charge in [0.15, 0.2) is 5.16 Å². The van der Waals surface area contributed by atoms with Gasteiger partial charge in [-0.1, -0.05) is 29.4 Å². The minimum atomic E-state index is -0.0655. The first-order valence-electron chi connectivity index (χ1n) is 9.22. The van der Waals surface area contributed by atoms with E-state index in [-0.39, 0.29) is 11.7 Å². The summed E-state index contributed by atoms with van der Waals surface area (Å²) in [6.45, 7) is 2.65. The molecule has 0 aliphatic heterocycles. The van der Waals surface area contributed by atoms with Crippen molar-refractivity contribution in [2.45, 2.75) is 25.2 Å². The van der Waals surface area contributed by atoms with Gasteiger partial charge in [0.25, 0.3) is 0 Å². The normalized spacial score (nSPS) is 11.0. The van der Waals surface area contributed by atoms with Gasteiger partial charge in [0.05, 0.1) is 37.1 Å². The van der Waals surface area contributed by atoms with Crippen LogP contribution in [0.15, 0.2) is 75.3 Å². The van der Waals surface area contributed by atoms with Gasteiger partial charge in [-0.25, -0.2) is 0 Å². The molecule has 1 aromatic carbocycles. The molecule has 0 spiro atoms. The minimum Gasteiger partial charge on any atom is -0.467 e. The maximum atomic E-state index is 13.0. The van der Waals surface area contributed by atoms with E-state index in [4.69, 9.17) is 20.4 Å². The number of carbonyl (C=O) groups excluding carboxylic acids is 1. The van der Waals surface area contributed by atoms with Gasteiger partial charge in [-0.2, -0.15) is 0 Å². The van der Waals surface area contributed by atoms with E-state index in [2.05, 4.69) is 10.2 Å². The zero-order chi connectivity index (χ0) is 20.9. The van der Waals surface area contributed by atoms with Crippen LogP contribution in [0.1, 0.15) is 17.1 Å². The number of thioether (sulfide) groups is 1. The predicted octanol–water partition coefficient (Wildman–Crippen LogP) is 4.74. The van der Waals surface area contributed by atoms with Crippen molar-refractivity contribution in [2.24, 2.45) is 0 Å². The Bertz CT molecular complexity index is 1070. The standard InChI is InChI=1S/C21H19ClN4O3S/c1-15-6-7-16(10-19(15)22)26-14-23-24-21(26)30-13-20(27)25(11-17-4-2-8-28-17)12-18-5-3-9-29-18/h2-10,14H,11-13H2,1H3. The number of hydrogen-bond acceptors (Lipinski definition) is 6. The van der Waals surface area contributed by atoms with Crippen molar-refractivity contribution in [1.82, 2.24) is 19.7 Å². The van der Waals surface area contributed by atoms with E-state index < -0.39 is 0 Å². The molecule has 0 saturated carbocycles. The van der Waals surface area contributed by atoms with Crippen LogP contribution in [-0.2, 0) is 17.9 Å². The van der Waals surface area contributed by atoms with Gasteiger partial charge in [0.2, 0.25) is 5.91 Å². The van der Waals surface area contributed by atoms with Crippen molar-refractivity contribution >= 4 is 29.3 Å². The number of aromatic nitrogens is 3. The fourth-order valence-electron chi connectivity index (χ4n) is 2.86. The molecule has 0 aliphatic carbocycles. The van der Waals surface area contributed by atoms with E-state index >= 15 is 0 Å². The molecule has 7 nitrogen and oxygen atoms in total. The summed E-state index contributed by atoms with van der Waals surface area (Å²) in [5.41, 5.74) is 1.83. The van der Waals surface area contributed by atoms with Crippen molar-refractivity contribution < 1.29 is 13.6 Å². The molecule has 3 aromatic heterocycles. The fraction of sp³-hybridized carbons (Fsp3) is 0.190. The van der Waals surface area contributed by atoms with Crippen molar-refractivity contribution in [1.29, 1.82) is 0 Å². The van der Waals surface area contributed by atoms with Crippen LogP contribution in [0.4, 0.5) is 0 Å². The highest BCUT2D eigenvalue weighted by atomic mass is 35.5. The Morgan fingerprint density at radius 2 is 1.83 bits per heavy atom. The summed E-state index contributed by atoms with van der Waals surface area (Å²) >= 11 is 7.56. The molecule has 4 rings (SSSR count). The molecule has 9 heteroatoms. The number of carbonyl (C=O) groups is 1. The Labute approximate surface area is 182 Å². The average molecular weight is 443 g/mol.